The number of likely N-dealkylation sites (tertiary alicyclic amines) is 1. The molecule has 1 atom stereocenters. The predicted molar refractivity (Wildman–Crippen MR) is 85.2 cm³/mol. The summed E-state index contributed by atoms with van der Waals surface area (Å²) < 4.78 is 11.6. The van der Waals surface area contributed by atoms with Gasteiger partial charge in [0.15, 0.2) is 0 Å². The standard InChI is InChI=1S/C18H25NO3/c1-17(2,3)22-16(20)19-11-7-6-10-18(19)12-14-8-4-5-9-15(14)21-13-18/h4-5,8-9H,6-7,10-13H2,1-3H3/t18-/m1/s1. The first-order valence-electron chi connectivity index (χ1n) is 8.11. The molecule has 1 amide bonds. The largest absolute Gasteiger partial charge is 0.491 e. The summed E-state index contributed by atoms with van der Waals surface area (Å²) in [7, 11) is 0. The average molecular weight is 303 g/mol. The van der Waals surface area contributed by atoms with Crippen molar-refractivity contribution in [3.8, 4) is 5.75 Å². The number of amides is 1. The molecule has 0 N–H and O–H groups in total. The van der Waals surface area contributed by atoms with E-state index in [0.717, 1.165) is 38.0 Å². The summed E-state index contributed by atoms with van der Waals surface area (Å²) in [5.74, 6) is 0.947. The van der Waals surface area contributed by atoms with E-state index in [0.29, 0.717) is 6.61 Å². The second kappa shape index (κ2) is 5.49. The van der Waals surface area contributed by atoms with Crippen LogP contribution in [0, 0.1) is 0 Å². The van der Waals surface area contributed by atoms with Crippen LogP contribution < -0.4 is 4.74 Å². The van der Waals surface area contributed by atoms with Crippen molar-refractivity contribution in [2.75, 3.05) is 13.2 Å². The van der Waals surface area contributed by atoms with Crippen molar-refractivity contribution >= 4 is 6.09 Å². The molecule has 4 nitrogen and oxygen atoms in total. The van der Waals surface area contributed by atoms with Crippen molar-refractivity contribution in [3.05, 3.63) is 29.8 Å². The zero-order valence-electron chi connectivity index (χ0n) is 13.7. The van der Waals surface area contributed by atoms with E-state index in [4.69, 9.17) is 9.47 Å². The van der Waals surface area contributed by atoms with Crippen LogP contribution in [0.25, 0.3) is 0 Å². The molecule has 1 aromatic rings. The number of fused-ring (bicyclic) bond motifs is 1. The molecule has 120 valence electrons. The average Bonchev–Trinajstić information content (AvgIpc) is 2.45. The van der Waals surface area contributed by atoms with Gasteiger partial charge in [0.1, 0.15) is 18.0 Å². The van der Waals surface area contributed by atoms with E-state index in [-0.39, 0.29) is 11.6 Å². The fourth-order valence-corrected chi connectivity index (χ4v) is 3.44. The number of carbonyl (C=O) groups excluding carboxylic acids is 1. The minimum Gasteiger partial charge on any atom is -0.491 e. The van der Waals surface area contributed by atoms with Gasteiger partial charge >= 0.3 is 6.09 Å². The highest BCUT2D eigenvalue weighted by Crippen LogP contribution is 2.39. The Bertz CT molecular complexity index is 564. The molecule has 0 saturated carbocycles. The number of piperidine rings is 1. The Labute approximate surface area is 132 Å². The summed E-state index contributed by atoms with van der Waals surface area (Å²) in [6.45, 7) is 7.04. The van der Waals surface area contributed by atoms with Gasteiger partial charge < -0.3 is 9.47 Å². The summed E-state index contributed by atoms with van der Waals surface area (Å²) in [6.07, 6.45) is 3.77. The zero-order chi connectivity index (χ0) is 15.8. The maximum absolute atomic E-state index is 12.6. The van der Waals surface area contributed by atoms with Gasteiger partial charge in [-0.3, -0.25) is 4.90 Å². The summed E-state index contributed by atoms with van der Waals surface area (Å²) in [5, 5.41) is 0. The number of nitrogens with zero attached hydrogens (tertiary/aromatic N) is 1. The molecule has 0 bridgehead atoms. The monoisotopic (exact) mass is 303 g/mol. The highest BCUT2D eigenvalue weighted by molar-refractivity contribution is 5.69. The van der Waals surface area contributed by atoms with E-state index in [2.05, 4.69) is 6.07 Å². The van der Waals surface area contributed by atoms with Crippen LogP contribution in [0.2, 0.25) is 0 Å². The third kappa shape index (κ3) is 2.92. The lowest BCUT2D eigenvalue weighted by Gasteiger charge is -2.49. The zero-order valence-corrected chi connectivity index (χ0v) is 13.7. The minimum absolute atomic E-state index is 0.213. The lowest BCUT2D eigenvalue weighted by molar-refractivity contribution is -0.0348. The lowest BCUT2D eigenvalue weighted by atomic mass is 9.80. The number of carbonyl (C=O) groups is 1. The van der Waals surface area contributed by atoms with E-state index < -0.39 is 5.60 Å². The molecule has 0 aliphatic carbocycles. The highest BCUT2D eigenvalue weighted by atomic mass is 16.6. The van der Waals surface area contributed by atoms with Crippen LogP contribution in [-0.2, 0) is 11.2 Å². The van der Waals surface area contributed by atoms with Crippen LogP contribution in [0.4, 0.5) is 4.79 Å². The first-order valence-corrected chi connectivity index (χ1v) is 8.11. The topological polar surface area (TPSA) is 38.8 Å². The molecule has 1 saturated heterocycles. The molecule has 0 aromatic heterocycles. The van der Waals surface area contributed by atoms with Crippen LogP contribution in [0.5, 0.6) is 5.75 Å². The predicted octanol–water partition coefficient (Wildman–Crippen LogP) is 3.78. The molecule has 22 heavy (non-hydrogen) atoms. The normalized spacial score (nSPS) is 24.6. The number of para-hydroxylation sites is 1. The second-order valence-electron chi connectivity index (χ2n) is 7.39. The number of rotatable bonds is 0. The van der Waals surface area contributed by atoms with Crippen LogP contribution in [0.15, 0.2) is 24.3 Å². The number of hydrogen-bond donors (Lipinski definition) is 0. The fraction of sp³-hybridized carbons (Fsp3) is 0.611. The summed E-state index contributed by atoms with van der Waals surface area (Å²) in [4.78, 5) is 14.6. The quantitative estimate of drug-likeness (QED) is 0.732. The van der Waals surface area contributed by atoms with Crippen molar-refractivity contribution in [2.45, 2.75) is 57.6 Å². The van der Waals surface area contributed by atoms with Crippen LogP contribution in [-0.4, -0.2) is 35.3 Å². The summed E-state index contributed by atoms with van der Waals surface area (Å²) in [6, 6.07) is 8.12. The van der Waals surface area contributed by atoms with E-state index in [9.17, 15) is 4.79 Å². The third-order valence-electron chi connectivity index (χ3n) is 4.45. The smallest absolute Gasteiger partial charge is 0.410 e. The van der Waals surface area contributed by atoms with Gasteiger partial charge in [0.05, 0.1) is 5.54 Å². The van der Waals surface area contributed by atoms with Gasteiger partial charge in [-0.2, -0.15) is 0 Å². The Morgan fingerprint density at radius 3 is 2.82 bits per heavy atom. The van der Waals surface area contributed by atoms with Gasteiger partial charge in [-0.05, 0) is 51.7 Å². The molecule has 3 rings (SSSR count). The van der Waals surface area contributed by atoms with Gasteiger partial charge in [0.25, 0.3) is 0 Å². The van der Waals surface area contributed by atoms with E-state index in [1.54, 1.807) is 0 Å². The van der Waals surface area contributed by atoms with Crippen molar-refractivity contribution in [1.29, 1.82) is 0 Å². The molecule has 1 fully saturated rings. The maximum Gasteiger partial charge on any atom is 0.410 e. The van der Waals surface area contributed by atoms with Crippen molar-refractivity contribution < 1.29 is 14.3 Å². The lowest BCUT2D eigenvalue weighted by Crippen LogP contribution is -2.61. The van der Waals surface area contributed by atoms with Gasteiger partial charge in [-0.15, -0.1) is 0 Å². The Kier molecular flexibility index (Phi) is 3.79. The summed E-state index contributed by atoms with van der Waals surface area (Å²) in [5.41, 5.74) is 0.460. The Hall–Kier alpha value is -1.71. The molecule has 4 heteroatoms. The van der Waals surface area contributed by atoms with Crippen LogP contribution in [0.1, 0.15) is 45.6 Å². The molecular formula is C18H25NO3. The molecule has 2 heterocycles. The molecule has 0 unspecified atom stereocenters. The molecule has 1 aromatic carbocycles. The van der Waals surface area contributed by atoms with Gasteiger partial charge in [0.2, 0.25) is 0 Å². The van der Waals surface area contributed by atoms with Crippen molar-refractivity contribution in [1.82, 2.24) is 4.90 Å². The van der Waals surface area contributed by atoms with Crippen LogP contribution in [0.3, 0.4) is 0 Å². The van der Waals surface area contributed by atoms with Crippen molar-refractivity contribution in [3.63, 3.8) is 0 Å². The van der Waals surface area contributed by atoms with Gasteiger partial charge in [0, 0.05) is 13.0 Å². The SMILES string of the molecule is CC(C)(C)OC(=O)N1CCCC[C@@]12COc1ccccc1C2. The van der Waals surface area contributed by atoms with E-state index in [1.807, 2.05) is 43.9 Å². The molecular weight excluding hydrogens is 278 g/mol. The summed E-state index contributed by atoms with van der Waals surface area (Å²) >= 11 is 0. The van der Waals surface area contributed by atoms with Gasteiger partial charge in [-0.25, -0.2) is 4.79 Å². The second-order valence-corrected chi connectivity index (χ2v) is 7.39. The molecule has 0 radical (unpaired) electrons. The maximum atomic E-state index is 12.6. The highest BCUT2D eigenvalue weighted by Gasteiger charge is 2.46. The first kappa shape index (κ1) is 15.2. The number of ether oxygens (including phenoxy) is 2. The third-order valence-corrected chi connectivity index (χ3v) is 4.45. The minimum atomic E-state index is -0.469. The fourth-order valence-electron chi connectivity index (χ4n) is 3.44. The van der Waals surface area contributed by atoms with E-state index in [1.165, 1.54) is 5.56 Å². The Balaban J connectivity index is 1.85. The van der Waals surface area contributed by atoms with Crippen LogP contribution >= 0.6 is 0 Å². The van der Waals surface area contributed by atoms with Crippen molar-refractivity contribution in [2.24, 2.45) is 0 Å². The molecule has 2 aliphatic rings. The number of hydrogen-bond acceptors (Lipinski definition) is 3. The molecule has 2 aliphatic heterocycles. The Morgan fingerprint density at radius 2 is 2.05 bits per heavy atom. The number of benzene rings is 1. The Morgan fingerprint density at radius 1 is 1.27 bits per heavy atom. The molecule has 1 spiro atoms. The van der Waals surface area contributed by atoms with E-state index >= 15 is 0 Å². The van der Waals surface area contributed by atoms with Gasteiger partial charge in [-0.1, -0.05) is 18.2 Å². The first-order chi connectivity index (χ1) is 10.4.